The van der Waals surface area contributed by atoms with E-state index in [0.717, 1.165) is 28.3 Å². The summed E-state index contributed by atoms with van der Waals surface area (Å²) in [7, 11) is -1.56. The lowest BCUT2D eigenvalue weighted by atomic mass is 9.99. The first-order valence-electron chi connectivity index (χ1n) is 7.96. The van der Waals surface area contributed by atoms with Crippen molar-refractivity contribution in [3.63, 3.8) is 0 Å². The fraction of sp³-hybridized carbons (Fsp3) is 0.143. The summed E-state index contributed by atoms with van der Waals surface area (Å²) in [5, 5.41) is 1.88. The van der Waals surface area contributed by atoms with Crippen molar-refractivity contribution >= 4 is 25.1 Å². The number of carbonyl (C=O) groups is 1. The molecule has 0 N–H and O–H groups in total. The lowest BCUT2D eigenvalue weighted by Gasteiger charge is -2.11. The average molecular weight is 329 g/mol. The fourth-order valence-electron chi connectivity index (χ4n) is 2.56. The molecule has 0 spiro atoms. The number of rotatable bonds is 2. The molecule has 3 aromatic rings. The minimum atomic E-state index is -1.56. The van der Waals surface area contributed by atoms with Crippen LogP contribution in [0, 0.1) is 11.5 Å². The van der Waals surface area contributed by atoms with Crippen LogP contribution >= 0.6 is 0 Å². The Morgan fingerprint density at radius 1 is 0.917 bits per heavy atom. The van der Waals surface area contributed by atoms with Crippen molar-refractivity contribution in [2.45, 2.75) is 19.6 Å². The molecule has 1 aromatic heterocycles. The molecule has 0 amide bonds. The topological polar surface area (TPSA) is 30.0 Å². The van der Waals surface area contributed by atoms with Crippen LogP contribution in [0.4, 0.5) is 0 Å². The molecule has 118 valence electrons. The molecule has 2 nitrogen and oxygen atoms in total. The van der Waals surface area contributed by atoms with Gasteiger partial charge in [-0.15, -0.1) is 5.54 Å². The van der Waals surface area contributed by atoms with Crippen LogP contribution in [0.3, 0.4) is 0 Å². The first-order valence-corrected chi connectivity index (χ1v) is 11.5. The van der Waals surface area contributed by atoms with Crippen molar-refractivity contribution in [1.82, 2.24) is 4.98 Å². The van der Waals surface area contributed by atoms with Crippen LogP contribution in [0.25, 0.3) is 22.0 Å². The number of pyridine rings is 1. The maximum Gasteiger partial charge on any atom is 0.153 e. The molecule has 0 unspecified atom stereocenters. The molecule has 0 saturated heterocycles. The summed E-state index contributed by atoms with van der Waals surface area (Å²) >= 11 is 0. The molecule has 3 heteroatoms. The number of aromatic nitrogens is 1. The molecule has 1 heterocycles. The largest absolute Gasteiger partial charge is 0.298 e. The second-order valence-electron chi connectivity index (χ2n) is 6.75. The highest BCUT2D eigenvalue weighted by molar-refractivity contribution is 6.83. The van der Waals surface area contributed by atoms with E-state index < -0.39 is 8.07 Å². The number of aldehydes is 1. The highest BCUT2D eigenvalue weighted by atomic mass is 28.3. The van der Waals surface area contributed by atoms with Gasteiger partial charge in [-0.2, -0.15) is 0 Å². The van der Waals surface area contributed by atoms with Gasteiger partial charge in [0.05, 0.1) is 11.3 Å². The van der Waals surface area contributed by atoms with Gasteiger partial charge in [-0.1, -0.05) is 80.2 Å². The monoisotopic (exact) mass is 329 g/mol. The van der Waals surface area contributed by atoms with Gasteiger partial charge in [0.25, 0.3) is 0 Å². The number of carbonyl (C=O) groups excluding carboxylic acids is 1. The second-order valence-corrected chi connectivity index (χ2v) is 11.5. The molecule has 0 saturated carbocycles. The van der Waals surface area contributed by atoms with Gasteiger partial charge in [0.1, 0.15) is 13.8 Å². The van der Waals surface area contributed by atoms with Gasteiger partial charge in [-0.25, -0.2) is 4.98 Å². The first kappa shape index (κ1) is 16.2. The van der Waals surface area contributed by atoms with Crippen molar-refractivity contribution in [1.29, 1.82) is 0 Å². The van der Waals surface area contributed by atoms with Gasteiger partial charge in [-0.3, -0.25) is 4.79 Å². The quantitative estimate of drug-likeness (QED) is 0.378. The summed E-state index contributed by atoms with van der Waals surface area (Å²) in [5.41, 5.74) is 6.38. The van der Waals surface area contributed by atoms with Gasteiger partial charge >= 0.3 is 0 Å². The Balaban J connectivity index is 2.36. The summed E-state index contributed by atoms with van der Waals surface area (Å²) in [6, 6.07) is 17.9. The van der Waals surface area contributed by atoms with Crippen LogP contribution in [0.5, 0.6) is 0 Å². The molecule has 24 heavy (non-hydrogen) atoms. The molecular weight excluding hydrogens is 310 g/mol. The van der Waals surface area contributed by atoms with E-state index in [1.807, 2.05) is 54.6 Å². The molecule has 0 aliphatic rings. The van der Waals surface area contributed by atoms with Gasteiger partial charge in [-0.05, 0) is 5.39 Å². The van der Waals surface area contributed by atoms with E-state index in [2.05, 4.69) is 31.1 Å². The predicted octanol–water partition coefficient (Wildman–Crippen LogP) is 4.94. The van der Waals surface area contributed by atoms with Gasteiger partial charge in [0.2, 0.25) is 0 Å². The van der Waals surface area contributed by atoms with E-state index in [9.17, 15) is 4.79 Å². The highest BCUT2D eigenvalue weighted by Gasteiger charge is 2.14. The van der Waals surface area contributed by atoms with E-state index in [1.165, 1.54) is 0 Å². The Kier molecular flexibility index (Phi) is 4.33. The highest BCUT2D eigenvalue weighted by Crippen LogP contribution is 2.29. The molecular formula is C21H19NOSi. The molecule has 0 bridgehead atoms. The van der Waals surface area contributed by atoms with Crippen LogP contribution < -0.4 is 0 Å². The standard InChI is InChI=1S/C21H19NOSi/c1-24(2,3)14-13-20-19(15-23)17-11-7-8-12-18(17)21(22-20)16-9-5-4-6-10-16/h4-12,15H,1-3H3. The SMILES string of the molecule is C[Si](C)(C)C#Cc1nc(-c2ccccc2)c2ccccc2c1C=O. The van der Waals surface area contributed by atoms with Gasteiger partial charge < -0.3 is 0 Å². The number of benzene rings is 2. The first-order chi connectivity index (χ1) is 11.5. The number of hydrogen-bond acceptors (Lipinski definition) is 2. The maximum atomic E-state index is 11.7. The second kappa shape index (κ2) is 6.43. The molecule has 3 rings (SSSR count). The van der Waals surface area contributed by atoms with E-state index in [4.69, 9.17) is 4.98 Å². The molecule has 0 aliphatic carbocycles. The smallest absolute Gasteiger partial charge is 0.153 e. The minimum absolute atomic E-state index is 0.574. The summed E-state index contributed by atoms with van der Waals surface area (Å²) < 4.78 is 0. The Morgan fingerprint density at radius 2 is 1.54 bits per heavy atom. The Labute approximate surface area is 143 Å². The maximum absolute atomic E-state index is 11.7. The van der Waals surface area contributed by atoms with Crippen LogP contribution in [-0.4, -0.2) is 19.3 Å². The zero-order valence-corrected chi connectivity index (χ0v) is 15.1. The summed E-state index contributed by atoms with van der Waals surface area (Å²) in [5.74, 6) is 3.18. The zero-order chi connectivity index (χ0) is 17.2. The third-order valence-electron chi connectivity index (χ3n) is 3.67. The Morgan fingerprint density at radius 3 is 2.17 bits per heavy atom. The van der Waals surface area contributed by atoms with Crippen LogP contribution in [0.15, 0.2) is 54.6 Å². The summed E-state index contributed by atoms with van der Waals surface area (Å²) in [6.45, 7) is 6.54. The number of nitrogens with zero attached hydrogens (tertiary/aromatic N) is 1. The lowest BCUT2D eigenvalue weighted by molar-refractivity contribution is 0.112. The molecule has 2 aromatic carbocycles. The number of hydrogen-bond donors (Lipinski definition) is 0. The molecule has 0 fully saturated rings. The Hall–Kier alpha value is -2.70. The van der Waals surface area contributed by atoms with Crippen molar-refractivity contribution in [2.75, 3.05) is 0 Å². The van der Waals surface area contributed by atoms with Crippen molar-refractivity contribution < 1.29 is 4.79 Å². The van der Waals surface area contributed by atoms with Gasteiger partial charge in [0.15, 0.2) is 6.29 Å². The third-order valence-corrected chi connectivity index (χ3v) is 4.55. The lowest BCUT2D eigenvalue weighted by Crippen LogP contribution is -2.16. The van der Waals surface area contributed by atoms with Crippen LogP contribution in [0.1, 0.15) is 16.1 Å². The van der Waals surface area contributed by atoms with E-state index in [1.54, 1.807) is 0 Å². The molecule has 0 radical (unpaired) electrons. The fourth-order valence-corrected chi connectivity index (χ4v) is 3.06. The van der Waals surface area contributed by atoms with Crippen molar-refractivity contribution in [3.05, 3.63) is 65.9 Å². The average Bonchev–Trinajstić information content (AvgIpc) is 2.59. The summed E-state index contributed by atoms with van der Waals surface area (Å²) in [6.07, 6.45) is 0.873. The van der Waals surface area contributed by atoms with E-state index in [0.29, 0.717) is 11.3 Å². The minimum Gasteiger partial charge on any atom is -0.298 e. The predicted molar refractivity (Wildman–Crippen MR) is 103 cm³/mol. The van der Waals surface area contributed by atoms with Crippen molar-refractivity contribution in [3.8, 4) is 22.7 Å². The van der Waals surface area contributed by atoms with E-state index >= 15 is 0 Å². The molecule has 0 aliphatic heterocycles. The van der Waals surface area contributed by atoms with Crippen molar-refractivity contribution in [2.24, 2.45) is 0 Å². The normalized spacial score (nSPS) is 11.0. The van der Waals surface area contributed by atoms with Gasteiger partial charge in [0, 0.05) is 10.9 Å². The Bertz CT molecular complexity index is 960. The van der Waals surface area contributed by atoms with E-state index in [-0.39, 0.29) is 0 Å². The third kappa shape index (κ3) is 3.29. The zero-order valence-electron chi connectivity index (χ0n) is 14.1. The molecule has 0 atom stereocenters. The number of fused-ring (bicyclic) bond motifs is 1. The van der Waals surface area contributed by atoms with Crippen LogP contribution in [-0.2, 0) is 0 Å². The van der Waals surface area contributed by atoms with Crippen LogP contribution in [0.2, 0.25) is 19.6 Å². The summed E-state index contributed by atoms with van der Waals surface area (Å²) in [4.78, 5) is 16.5.